The highest BCUT2D eigenvalue weighted by Gasteiger charge is 2.16. The monoisotopic (exact) mass is 456 g/mol. The summed E-state index contributed by atoms with van der Waals surface area (Å²) in [7, 11) is 0. The minimum atomic E-state index is 0.667. The standard InChI is InChI=1S/C27H18Cl2N2O/c1-17-2-4-19(5-3-17)25-14-15-26(32-25)23-16-24(18-6-10-21(28)11-7-18)30-31-27(23)20-8-12-22(29)13-9-20/h2-16H,1H3. The van der Waals surface area contributed by atoms with Crippen LogP contribution in [-0.4, -0.2) is 10.2 Å². The zero-order chi connectivity index (χ0) is 22.1. The Labute approximate surface area is 196 Å². The number of hydrogen-bond acceptors (Lipinski definition) is 3. The van der Waals surface area contributed by atoms with Crippen molar-refractivity contribution in [2.24, 2.45) is 0 Å². The van der Waals surface area contributed by atoms with Crippen LogP contribution in [0.15, 0.2) is 95.4 Å². The summed E-state index contributed by atoms with van der Waals surface area (Å²) >= 11 is 12.1. The lowest BCUT2D eigenvalue weighted by molar-refractivity contribution is 0.597. The molecule has 3 nitrogen and oxygen atoms in total. The van der Waals surface area contributed by atoms with E-state index in [1.165, 1.54) is 5.56 Å². The van der Waals surface area contributed by atoms with E-state index in [0.717, 1.165) is 45.2 Å². The van der Waals surface area contributed by atoms with Crippen LogP contribution in [0, 0.1) is 6.92 Å². The van der Waals surface area contributed by atoms with Crippen molar-refractivity contribution in [1.29, 1.82) is 0 Å². The summed E-state index contributed by atoms with van der Waals surface area (Å²) in [5, 5.41) is 10.4. The van der Waals surface area contributed by atoms with E-state index >= 15 is 0 Å². The molecule has 5 rings (SSSR count). The van der Waals surface area contributed by atoms with E-state index in [1.54, 1.807) is 0 Å². The summed E-state index contributed by atoms with van der Waals surface area (Å²) in [5.74, 6) is 1.52. The van der Waals surface area contributed by atoms with Crippen LogP contribution in [0.3, 0.4) is 0 Å². The summed E-state index contributed by atoms with van der Waals surface area (Å²) < 4.78 is 6.28. The SMILES string of the molecule is Cc1ccc(-c2ccc(-c3cc(-c4ccc(Cl)cc4)nnc3-c3ccc(Cl)cc3)o2)cc1. The van der Waals surface area contributed by atoms with E-state index in [9.17, 15) is 0 Å². The van der Waals surface area contributed by atoms with E-state index in [1.807, 2.05) is 66.7 Å². The Bertz CT molecular complexity index is 1370. The summed E-state index contributed by atoms with van der Waals surface area (Å²) in [6.45, 7) is 2.07. The lowest BCUT2D eigenvalue weighted by atomic mass is 10.0. The van der Waals surface area contributed by atoms with Gasteiger partial charge in [0.15, 0.2) is 0 Å². The topological polar surface area (TPSA) is 38.9 Å². The van der Waals surface area contributed by atoms with Crippen LogP contribution < -0.4 is 0 Å². The summed E-state index contributed by atoms with van der Waals surface area (Å²) in [5.41, 5.74) is 6.38. The third kappa shape index (κ3) is 4.18. The van der Waals surface area contributed by atoms with Gasteiger partial charge in [-0.25, -0.2) is 0 Å². The van der Waals surface area contributed by atoms with E-state index in [-0.39, 0.29) is 0 Å². The van der Waals surface area contributed by atoms with Gasteiger partial charge in [0.05, 0.1) is 5.69 Å². The molecule has 0 unspecified atom stereocenters. The number of aromatic nitrogens is 2. The quantitative estimate of drug-likeness (QED) is 0.272. The molecule has 156 valence electrons. The van der Waals surface area contributed by atoms with Crippen molar-refractivity contribution in [2.45, 2.75) is 6.92 Å². The van der Waals surface area contributed by atoms with Crippen LogP contribution in [0.2, 0.25) is 10.0 Å². The fourth-order valence-corrected chi connectivity index (χ4v) is 3.77. The Kier molecular flexibility index (Phi) is 5.52. The normalized spacial score (nSPS) is 11.0. The van der Waals surface area contributed by atoms with Gasteiger partial charge in [-0.3, -0.25) is 0 Å². The molecule has 0 aliphatic heterocycles. The van der Waals surface area contributed by atoms with Crippen molar-refractivity contribution in [3.8, 4) is 45.2 Å². The minimum absolute atomic E-state index is 0.667. The van der Waals surface area contributed by atoms with Crippen molar-refractivity contribution in [1.82, 2.24) is 10.2 Å². The molecule has 2 heterocycles. The molecule has 0 bridgehead atoms. The molecule has 0 N–H and O–H groups in total. The minimum Gasteiger partial charge on any atom is -0.456 e. The molecule has 5 aromatic rings. The molecule has 0 amide bonds. The smallest absolute Gasteiger partial charge is 0.137 e. The molecule has 2 aromatic heterocycles. The van der Waals surface area contributed by atoms with Gasteiger partial charge in [-0.2, -0.15) is 0 Å². The average molecular weight is 457 g/mol. The zero-order valence-corrected chi connectivity index (χ0v) is 18.7. The third-order valence-corrected chi connectivity index (χ3v) is 5.76. The molecule has 0 saturated carbocycles. The van der Waals surface area contributed by atoms with Crippen LogP contribution in [0.4, 0.5) is 0 Å². The molecule has 0 atom stereocenters. The molecule has 5 heteroatoms. The van der Waals surface area contributed by atoms with Crippen molar-refractivity contribution in [3.05, 3.63) is 107 Å². The van der Waals surface area contributed by atoms with Crippen molar-refractivity contribution in [2.75, 3.05) is 0 Å². The van der Waals surface area contributed by atoms with Gasteiger partial charge >= 0.3 is 0 Å². The molecule has 32 heavy (non-hydrogen) atoms. The molecular weight excluding hydrogens is 439 g/mol. The molecule has 0 aliphatic rings. The predicted molar refractivity (Wildman–Crippen MR) is 131 cm³/mol. The number of furan rings is 1. The van der Waals surface area contributed by atoms with Crippen LogP contribution in [0.5, 0.6) is 0 Å². The maximum absolute atomic E-state index is 6.28. The molecule has 0 fully saturated rings. The van der Waals surface area contributed by atoms with Gasteiger partial charge in [-0.05, 0) is 49.4 Å². The Morgan fingerprint density at radius 2 is 1.16 bits per heavy atom. The second kappa shape index (κ2) is 8.62. The van der Waals surface area contributed by atoms with E-state index in [2.05, 4.69) is 41.4 Å². The van der Waals surface area contributed by atoms with Gasteiger partial charge in [0.1, 0.15) is 17.2 Å². The molecule has 0 aliphatic carbocycles. The first-order chi connectivity index (χ1) is 15.6. The van der Waals surface area contributed by atoms with Crippen LogP contribution >= 0.6 is 23.2 Å². The molecule has 3 aromatic carbocycles. The van der Waals surface area contributed by atoms with E-state index < -0.39 is 0 Å². The van der Waals surface area contributed by atoms with Gasteiger partial charge in [-0.15, -0.1) is 10.2 Å². The first-order valence-electron chi connectivity index (χ1n) is 10.1. The molecule has 0 radical (unpaired) electrons. The molecule has 0 saturated heterocycles. The Morgan fingerprint density at radius 1 is 0.594 bits per heavy atom. The first kappa shape index (κ1) is 20.5. The second-order valence-electron chi connectivity index (χ2n) is 7.54. The van der Waals surface area contributed by atoms with Crippen LogP contribution in [0.1, 0.15) is 5.56 Å². The first-order valence-corrected chi connectivity index (χ1v) is 10.9. The van der Waals surface area contributed by atoms with Gasteiger partial charge in [-0.1, -0.05) is 77.3 Å². The third-order valence-electron chi connectivity index (χ3n) is 5.26. The van der Waals surface area contributed by atoms with E-state index in [0.29, 0.717) is 10.0 Å². The fraction of sp³-hybridized carbons (Fsp3) is 0.0370. The van der Waals surface area contributed by atoms with Crippen molar-refractivity contribution >= 4 is 23.2 Å². The molecule has 0 spiro atoms. The maximum atomic E-state index is 6.28. The summed E-state index contributed by atoms with van der Waals surface area (Å²) in [4.78, 5) is 0. The Hall–Kier alpha value is -3.40. The Morgan fingerprint density at radius 3 is 1.81 bits per heavy atom. The largest absolute Gasteiger partial charge is 0.456 e. The van der Waals surface area contributed by atoms with E-state index in [4.69, 9.17) is 27.6 Å². The molecular formula is C27H18Cl2N2O. The van der Waals surface area contributed by atoms with Crippen LogP contribution in [0.25, 0.3) is 45.2 Å². The lowest BCUT2D eigenvalue weighted by Gasteiger charge is -2.09. The van der Waals surface area contributed by atoms with Crippen molar-refractivity contribution < 1.29 is 4.42 Å². The average Bonchev–Trinajstić information content (AvgIpc) is 3.30. The maximum Gasteiger partial charge on any atom is 0.137 e. The number of aryl methyl sites for hydroxylation is 1. The van der Waals surface area contributed by atoms with Gasteiger partial charge < -0.3 is 4.42 Å². The van der Waals surface area contributed by atoms with Gasteiger partial charge in [0.2, 0.25) is 0 Å². The summed E-state index contributed by atoms with van der Waals surface area (Å²) in [6.07, 6.45) is 0. The number of hydrogen-bond donors (Lipinski definition) is 0. The zero-order valence-electron chi connectivity index (χ0n) is 17.2. The Balaban J connectivity index is 1.64. The van der Waals surface area contributed by atoms with Crippen LogP contribution in [-0.2, 0) is 0 Å². The second-order valence-corrected chi connectivity index (χ2v) is 8.41. The number of benzene rings is 3. The highest BCUT2D eigenvalue weighted by atomic mass is 35.5. The predicted octanol–water partition coefficient (Wildman–Crippen LogP) is 8.35. The number of rotatable bonds is 4. The fourth-order valence-electron chi connectivity index (χ4n) is 3.52. The number of nitrogens with zero attached hydrogens (tertiary/aromatic N) is 2. The number of halogens is 2. The lowest BCUT2D eigenvalue weighted by Crippen LogP contribution is -1.95. The van der Waals surface area contributed by atoms with Crippen molar-refractivity contribution in [3.63, 3.8) is 0 Å². The highest BCUT2D eigenvalue weighted by Crippen LogP contribution is 2.36. The van der Waals surface area contributed by atoms with Gasteiger partial charge in [0, 0.05) is 32.3 Å². The highest BCUT2D eigenvalue weighted by molar-refractivity contribution is 6.30. The van der Waals surface area contributed by atoms with Gasteiger partial charge in [0.25, 0.3) is 0 Å². The summed E-state index contributed by atoms with van der Waals surface area (Å²) in [6, 6.07) is 29.3.